The van der Waals surface area contributed by atoms with E-state index in [1.807, 2.05) is 6.20 Å². The Hall–Kier alpha value is -0.910. The summed E-state index contributed by atoms with van der Waals surface area (Å²) in [5.74, 6) is 0.980. The summed E-state index contributed by atoms with van der Waals surface area (Å²) in [6, 6.07) is 0.734. The molecule has 2 aliphatic rings. The molecule has 2 N–H and O–H groups in total. The van der Waals surface area contributed by atoms with Crippen molar-refractivity contribution in [2.75, 3.05) is 26.2 Å². The summed E-state index contributed by atoms with van der Waals surface area (Å²) in [5, 5.41) is 3.50. The van der Waals surface area contributed by atoms with Gasteiger partial charge in [-0.2, -0.15) is 0 Å². The zero-order valence-electron chi connectivity index (χ0n) is 11.7. The minimum absolute atomic E-state index is 0.106. The second-order valence-electron chi connectivity index (χ2n) is 5.61. The minimum Gasteiger partial charge on any atom is -0.368 e. The van der Waals surface area contributed by atoms with E-state index in [4.69, 9.17) is 4.74 Å². The Morgan fingerprint density at radius 3 is 3.21 bits per heavy atom. The summed E-state index contributed by atoms with van der Waals surface area (Å²) in [6.45, 7) is 7.07. The van der Waals surface area contributed by atoms with E-state index in [9.17, 15) is 0 Å². The first-order valence-electron chi connectivity index (χ1n) is 7.46. The maximum atomic E-state index is 5.84. The summed E-state index contributed by atoms with van der Waals surface area (Å²) in [6.07, 6.45) is 5.88. The molecule has 0 amide bonds. The Bertz CT molecular complexity index is 400. The van der Waals surface area contributed by atoms with E-state index in [1.54, 1.807) is 0 Å². The number of morpholine rings is 1. The van der Waals surface area contributed by atoms with Gasteiger partial charge in [0, 0.05) is 37.6 Å². The zero-order valence-corrected chi connectivity index (χ0v) is 11.7. The monoisotopic (exact) mass is 264 g/mol. The number of hydrogen-bond acceptors (Lipinski definition) is 4. The number of nitrogens with one attached hydrogen (secondary N) is 2. The van der Waals surface area contributed by atoms with Crippen molar-refractivity contribution in [1.29, 1.82) is 0 Å². The lowest BCUT2D eigenvalue weighted by Crippen LogP contribution is -2.39. The molecule has 1 atom stereocenters. The van der Waals surface area contributed by atoms with Crippen LogP contribution in [-0.4, -0.2) is 47.2 Å². The summed E-state index contributed by atoms with van der Waals surface area (Å²) in [4.78, 5) is 10.3. The molecule has 1 aromatic rings. The molecule has 2 fully saturated rings. The van der Waals surface area contributed by atoms with Crippen LogP contribution in [0.15, 0.2) is 6.20 Å². The first kappa shape index (κ1) is 13.1. The fourth-order valence-corrected chi connectivity index (χ4v) is 2.56. The van der Waals surface area contributed by atoms with E-state index >= 15 is 0 Å². The molecule has 1 saturated carbocycles. The molecule has 0 bridgehead atoms. The van der Waals surface area contributed by atoms with Gasteiger partial charge in [0.15, 0.2) is 0 Å². The van der Waals surface area contributed by atoms with Gasteiger partial charge in [0.25, 0.3) is 0 Å². The Morgan fingerprint density at radius 1 is 1.53 bits per heavy atom. The van der Waals surface area contributed by atoms with Gasteiger partial charge >= 0.3 is 0 Å². The Kier molecular flexibility index (Phi) is 4.15. The number of aromatic nitrogens is 2. The largest absolute Gasteiger partial charge is 0.368 e. The van der Waals surface area contributed by atoms with Crippen LogP contribution in [0.3, 0.4) is 0 Å². The van der Waals surface area contributed by atoms with E-state index in [0.29, 0.717) is 0 Å². The lowest BCUT2D eigenvalue weighted by molar-refractivity contribution is -0.0338. The molecule has 5 nitrogen and oxygen atoms in total. The fourth-order valence-electron chi connectivity index (χ4n) is 2.56. The van der Waals surface area contributed by atoms with Gasteiger partial charge < -0.3 is 15.0 Å². The Balaban J connectivity index is 1.54. The molecule has 3 rings (SSSR count). The van der Waals surface area contributed by atoms with Crippen molar-refractivity contribution in [1.82, 2.24) is 20.2 Å². The highest BCUT2D eigenvalue weighted by atomic mass is 16.5. The number of hydrogen-bond donors (Lipinski definition) is 2. The number of ether oxygens (including phenoxy) is 1. The molecule has 1 aliphatic carbocycles. The topological polar surface area (TPSA) is 53.2 Å². The molecule has 2 heterocycles. The van der Waals surface area contributed by atoms with Gasteiger partial charge in [-0.25, -0.2) is 4.98 Å². The predicted molar refractivity (Wildman–Crippen MR) is 73.9 cm³/mol. The van der Waals surface area contributed by atoms with Gasteiger partial charge in [-0.1, -0.05) is 6.92 Å². The summed E-state index contributed by atoms with van der Waals surface area (Å²) in [5.41, 5.74) is 1.16. The molecule has 0 spiro atoms. The number of nitrogens with zero attached hydrogens (tertiary/aromatic N) is 2. The van der Waals surface area contributed by atoms with Crippen LogP contribution in [0.25, 0.3) is 0 Å². The number of imidazole rings is 1. The second-order valence-corrected chi connectivity index (χ2v) is 5.61. The fraction of sp³-hybridized carbons (Fsp3) is 0.786. The normalized spacial score (nSPS) is 24.8. The summed E-state index contributed by atoms with van der Waals surface area (Å²) < 4.78 is 5.84. The lowest BCUT2D eigenvalue weighted by Gasteiger charge is -2.31. The minimum atomic E-state index is 0.106. The van der Waals surface area contributed by atoms with Crippen molar-refractivity contribution in [3.05, 3.63) is 17.7 Å². The third-order valence-electron chi connectivity index (χ3n) is 3.80. The van der Waals surface area contributed by atoms with Crippen molar-refractivity contribution in [3.63, 3.8) is 0 Å². The molecular formula is C14H24N4O. The van der Waals surface area contributed by atoms with Gasteiger partial charge in [-0.05, 0) is 25.8 Å². The lowest BCUT2D eigenvalue weighted by atomic mass is 10.2. The quantitative estimate of drug-likeness (QED) is 0.816. The first-order chi connectivity index (χ1) is 9.35. The van der Waals surface area contributed by atoms with Crippen LogP contribution in [0.2, 0.25) is 0 Å². The van der Waals surface area contributed by atoms with E-state index in [-0.39, 0.29) is 6.10 Å². The van der Waals surface area contributed by atoms with Crippen LogP contribution in [0, 0.1) is 0 Å². The van der Waals surface area contributed by atoms with Crippen LogP contribution in [0.1, 0.15) is 43.8 Å². The first-order valence-corrected chi connectivity index (χ1v) is 7.46. The van der Waals surface area contributed by atoms with E-state index in [0.717, 1.165) is 50.3 Å². The molecule has 0 aromatic carbocycles. The summed E-state index contributed by atoms with van der Waals surface area (Å²) >= 11 is 0. The smallest absolute Gasteiger partial charge is 0.136 e. The van der Waals surface area contributed by atoms with Crippen LogP contribution < -0.4 is 5.32 Å². The van der Waals surface area contributed by atoms with Crippen LogP contribution in [0.5, 0.6) is 0 Å². The highest BCUT2D eigenvalue weighted by Crippen LogP contribution is 2.21. The zero-order chi connectivity index (χ0) is 13.1. The van der Waals surface area contributed by atoms with E-state index in [1.165, 1.54) is 19.3 Å². The van der Waals surface area contributed by atoms with Crippen LogP contribution >= 0.6 is 0 Å². The average Bonchev–Trinajstić information content (AvgIpc) is 3.14. The molecule has 1 aromatic heterocycles. The maximum absolute atomic E-state index is 5.84. The SMILES string of the molecule is CCCN1CCOC(c2ncc(CNC3CC3)[nH]2)C1. The number of H-pyrrole nitrogens is 1. The van der Waals surface area contributed by atoms with Gasteiger partial charge in [0.1, 0.15) is 11.9 Å². The van der Waals surface area contributed by atoms with Crippen molar-refractivity contribution in [2.45, 2.75) is 44.9 Å². The molecule has 106 valence electrons. The molecule has 1 saturated heterocycles. The molecule has 5 heteroatoms. The molecule has 19 heavy (non-hydrogen) atoms. The maximum Gasteiger partial charge on any atom is 0.136 e. The highest BCUT2D eigenvalue weighted by Gasteiger charge is 2.24. The number of aromatic amines is 1. The van der Waals surface area contributed by atoms with Gasteiger partial charge in [0.2, 0.25) is 0 Å². The molecule has 1 aliphatic heterocycles. The third kappa shape index (κ3) is 3.55. The Morgan fingerprint density at radius 2 is 2.42 bits per heavy atom. The molecule has 0 radical (unpaired) electrons. The van der Waals surface area contributed by atoms with Crippen LogP contribution in [-0.2, 0) is 11.3 Å². The number of rotatable bonds is 6. The third-order valence-corrected chi connectivity index (χ3v) is 3.80. The average molecular weight is 264 g/mol. The molecular weight excluding hydrogens is 240 g/mol. The van der Waals surface area contributed by atoms with Gasteiger partial charge in [0.05, 0.1) is 6.61 Å². The van der Waals surface area contributed by atoms with E-state index < -0.39 is 0 Å². The standard InChI is InChI=1S/C14H24N4O/c1-2-5-18-6-7-19-13(10-18)14-16-9-12(17-14)8-15-11-3-4-11/h9,11,13,15H,2-8,10H2,1H3,(H,16,17). The van der Waals surface area contributed by atoms with Crippen molar-refractivity contribution < 1.29 is 4.74 Å². The Labute approximate surface area is 114 Å². The van der Waals surface area contributed by atoms with Gasteiger partial charge in [-0.3, -0.25) is 4.90 Å². The molecule has 1 unspecified atom stereocenters. The van der Waals surface area contributed by atoms with E-state index in [2.05, 4.69) is 27.1 Å². The van der Waals surface area contributed by atoms with Gasteiger partial charge in [-0.15, -0.1) is 0 Å². The van der Waals surface area contributed by atoms with Crippen LogP contribution in [0.4, 0.5) is 0 Å². The summed E-state index contributed by atoms with van der Waals surface area (Å²) in [7, 11) is 0. The van der Waals surface area contributed by atoms with Crippen molar-refractivity contribution >= 4 is 0 Å². The highest BCUT2D eigenvalue weighted by molar-refractivity contribution is 5.05. The van der Waals surface area contributed by atoms with Crippen molar-refractivity contribution in [3.8, 4) is 0 Å². The van der Waals surface area contributed by atoms with Crippen molar-refractivity contribution in [2.24, 2.45) is 0 Å². The second kappa shape index (κ2) is 6.03. The predicted octanol–water partition coefficient (Wildman–Crippen LogP) is 1.44.